The molecule has 34 nitrogen and oxygen atoms in total. The zero-order valence-electron chi connectivity index (χ0n) is 68.0. The molecule has 11 bridgehead atoms. The van der Waals surface area contributed by atoms with E-state index >= 15 is 24.0 Å². The minimum atomic E-state index is -4.99. The number of hydrogen-bond donors (Lipinski definition) is 17. The molecule has 7 aromatic rings. The van der Waals surface area contributed by atoms with E-state index in [0.717, 1.165) is 60.7 Å². The molecule has 14 rings (SSSR count). The number of pyridine rings is 1. The maximum atomic E-state index is 16.5. The van der Waals surface area contributed by atoms with Gasteiger partial charge in [0, 0.05) is 91.8 Å². The van der Waals surface area contributed by atoms with Gasteiger partial charge in [-0.25, -0.2) is 5.43 Å². The molecule has 6 amide bonds. The summed E-state index contributed by atoms with van der Waals surface area (Å²) >= 11 is 14.4. The fourth-order valence-electron chi connectivity index (χ4n) is 15.8. The number of carbonyl (C=O) groups excluding carboxylic acids is 9. The van der Waals surface area contributed by atoms with Crippen molar-refractivity contribution >= 4 is 76.0 Å². The minimum absolute atomic E-state index is 0.0456. The van der Waals surface area contributed by atoms with Crippen molar-refractivity contribution in [3.8, 4) is 62.9 Å². The molecule has 125 heavy (non-hydrogen) atoms. The zero-order valence-corrected chi connectivity index (χ0v) is 69.5. The molecule has 18 atom stereocenters. The van der Waals surface area contributed by atoms with Crippen LogP contribution in [-0.4, -0.2) is 190 Å². The molecule has 0 aliphatic carbocycles. The normalized spacial score (nSPS) is 26.2. The van der Waals surface area contributed by atoms with Crippen LogP contribution >= 0.6 is 23.2 Å². The smallest absolute Gasteiger partial charge is 0.508 e. The largest absolute Gasteiger partial charge is 0.573 e. The van der Waals surface area contributed by atoms with Crippen LogP contribution in [0, 0.1) is 17.8 Å². The van der Waals surface area contributed by atoms with Crippen molar-refractivity contribution in [3.63, 3.8) is 0 Å². The van der Waals surface area contributed by atoms with Gasteiger partial charge in [-0.15, -0.1) is 13.2 Å². The molecule has 1 aromatic heterocycles. The molecular weight excluding hydrogens is 1690 g/mol. The molecule has 0 saturated carbocycles. The third-order valence-corrected chi connectivity index (χ3v) is 22.9. The number of halogens is 5. The molecule has 668 valence electrons. The number of phenols is 3. The quantitative estimate of drug-likeness (QED) is 0.0250. The maximum Gasteiger partial charge on any atom is 0.573 e. The SMILES string of the molecule is CCNNC(=O)[C@@H]1NC(=O)[C@H]2NC(=O)[C@H](CC(=O)C3NC(=O)[C@H](CC(N)=O)CC(=O)[C@H](NC(=O)[C@H](CC)CC(C)C)[C@H](O)c4ccc(c(Cl)c4)Oc4cc3cc(c4O[C@@H]3O[C@H](CO)[C@@H](O)[C@H](O)[C@H]3O[C@H]3C[C@](C)(NCc4cncc(C(=O)Cc5cccc(OC(F)(F)F)c5)c4)[C@H](O)[C@H](C)O3)Oc3ccc(cc3Cl)[C@H]2O)c2ccc(O)c(c2)-c2c(O)cc(O)cc21. The van der Waals surface area contributed by atoms with Crippen LogP contribution < -0.4 is 62.1 Å². The van der Waals surface area contributed by atoms with E-state index in [9.17, 15) is 78.3 Å². The highest BCUT2D eigenvalue weighted by Crippen LogP contribution is 2.51. The fourth-order valence-corrected chi connectivity index (χ4v) is 16.3. The van der Waals surface area contributed by atoms with Crippen LogP contribution in [0.2, 0.25) is 10.0 Å². The standard InChI is InChI=1S/C86H94Cl2F3N9O25/c1-7-41(18-37(3)4)79(114)98-70-58(106)25-46(28-65(92)108)80(115)96-68-45-26-62(120-60-16-13-43(72(70)109)23-53(60)87)76(124-84-77(75(112)74(111)64(36-101)122-84)123-66-32-85(6,78(113)38(5)119-66)94-34-40-19-47(35-93-33-40)56(104)21-39-10-9-11-49(20-39)125-86(89,90)91)63(27-45)121-61-17-14-44(24-54(61)88)73(110)71-82(117)97-69(83(118)100-95-8-2)52-29-48(102)30-57(105)67(52)51-22-42(12-15-55(51)103)50(31-59(68)107)81(116)99-71/h9-17,19-20,22-24,26-27,29-30,33,35,37-38,41,46,50,64,66,68-75,77-78,84,94-95,101-103,105,109-113H,7-8,18,21,25,28,31-32,34,36H2,1-6H3,(H2,92,108)(H,96,115)(H,97,117)(H,98,114)(H,99,116)(H,100,118)/t38-,41+,46-,50+,64+,66-,68?,69+,70-,71-,72+,73+,74+,75-,77+,78+,84-,85-/m0/s1. The number of ether oxygens (including phenoxy) is 7. The van der Waals surface area contributed by atoms with Crippen molar-refractivity contribution < 1.29 is 135 Å². The van der Waals surface area contributed by atoms with Gasteiger partial charge >= 0.3 is 6.36 Å². The Labute approximate surface area is 722 Å². The average molecular weight is 1780 g/mol. The number of carbonyl (C=O) groups is 9. The van der Waals surface area contributed by atoms with Crippen molar-refractivity contribution in [2.45, 2.75) is 196 Å². The van der Waals surface area contributed by atoms with Gasteiger partial charge in [0.1, 0.15) is 89.2 Å². The molecular formula is C86H94Cl2F3N9O25. The third kappa shape index (κ3) is 21.5. The van der Waals surface area contributed by atoms with Crippen LogP contribution in [0.3, 0.4) is 0 Å². The summed E-state index contributed by atoms with van der Waals surface area (Å²) in [6.07, 6.45) is -23.7. The Morgan fingerprint density at radius 3 is 2.06 bits per heavy atom. The highest BCUT2D eigenvalue weighted by molar-refractivity contribution is 6.32. The molecule has 7 aliphatic heterocycles. The molecule has 0 radical (unpaired) electrons. The highest BCUT2D eigenvalue weighted by atomic mass is 35.5. The van der Waals surface area contributed by atoms with Crippen LogP contribution in [0.25, 0.3) is 11.1 Å². The summed E-state index contributed by atoms with van der Waals surface area (Å²) in [6.45, 7) is 9.11. The van der Waals surface area contributed by atoms with Crippen LogP contribution in [0.15, 0.2) is 122 Å². The number of fused-ring (bicyclic) bond motifs is 15. The first-order chi connectivity index (χ1) is 59.2. The lowest BCUT2D eigenvalue weighted by atomic mass is 9.84. The van der Waals surface area contributed by atoms with Crippen LogP contribution in [0.1, 0.15) is 160 Å². The van der Waals surface area contributed by atoms with Crippen molar-refractivity contribution in [2.24, 2.45) is 23.5 Å². The summed E-state index contributed by atoms with van der Waals surface area (Å²) in [7, 11) is 0. The number of amides is 6. The van der Waals surface area contributed by atoms with E-state index in [1.165, 1.54) is 67.8 Å². The topological polar surface area (TPSA) is 523 Å². The summed E-state index contributed by atoms with van der Waals surface area (Å²) in [5, 5.41) is 120. The van der Waals surface area contributed by atoms with Crippen molar-refractivity contribution in [1.82, 2.24) is 42.4 Å². The number of nitrogens with two attached hydrogens (primary N) is 1. The molecule has 0 spiro atoms. The summed E-state index contributed by atoms with van der Waals surface area (Å²) in [6, 6.07) is 12.4. The third-order valence-electron chi connectivity index (χ3n) is 22.3. The number of hydrazine groups is 1. The Hall–Kier alpha value is -11.2. The molecule has 18 N–H and O–H groups in total. The lowest BCUT2D eigenvalue weighted by molar-refractivity contribution is -0.334. The van der Waals surface area contributed by atoms with Crippen LogP contribution in [0.5, 0.6) is 51.7 Å². The lowest BCUT2D eigenvalue weighted by Crippen LogP contribution is -2.65. The lowest BCUT2D eigenvalue weighted by Gasteiger charge is -2.48. The van der Waals surface area contributed by atoms with Crippen LogP contribution in [-0.2, 0) is 65.5 Å². The first-order valence-electron chi connectivity index (χ1n) is 40.0. The van der Waals surface area contributed by atoms with Gasteiger partial charge in [-0.3, -0.25) is 53.6 Å². The molecule has 2 saturated heterocycles. The number of ketones is 3. The van der Waals surface area contributed by atoms with E-state index in [-0.39, 0.29) is 88.0 Å². The summed E-state index contributed by atoms with van der Waals surface area (Å²) in [4.78, 5) is 138. The highest BCUT2D eigenvalue weighted by Gasteiger charge is 2.53. The Balaban J connectivity index is 1.01. The second-order valence-corrected chi connectivity index (χ2v) is 32.7. The van der Waals surface area contributed by atoms with E-state index in [0.29, 0.717) is 12.0 Å². The molecule has 39 heteroatoms. The Bertz CT molecular complexity index is 5270. The Kier molecular flexibility index (Phi) is 29.1. The zero-order chi connectivity index (χ0) is 90.5. The molecule has 6 aromatic carbocycles. The van der Waals surface area contributed by atoms with Crippen molar-refractivity contribution in [1.29, 1.82) is 0 Å². The number of nitrogens with one attached hydrogen (secondary N) is 7. The van der Waals surface area contributed by atoms with Crippen molar-refractivity contribution in [2.75, 3.05) is 13.2 Å². The van der Waals surface area contributed by atoms with E-state index in [1.54, 1.807) is 20.8 Å². The number of aliphatic hydroxyl groups excluding tert-OH is 6. The summed E-state index contributed by atoms with van der Waals surface area (Å²) in [5.41, 5.74) is 7.93. The Morgan fingerprint density at radius 1 is 0.736 bits per heavy atom. The second-order valence-electron chi connectivity index (χ2n) is 31.9. The molecule has 1 unspecified atom stereocenters. The van der Waals surface area contributed by atoms with Gasteiger partial charge in [0.05, 0.1) is 40.7 Å². The van der Waals surface area contributed by atoms with Gasteiger partial charge < -0.3 is 111 Å². The van der Waals surface area contributed by atoms with E-state index in [4.69, 9.17) is 57.4 Å². The number of aromatic hydroxyl groups is 3. The molecule has 2 fully saturated rings. The number of Topliss-reactive ketones (excluding diaryl/α,β-unsaturated/α-hetero) is 3. The number of hydrogen-bond acceptors (Lipinski definition) is 28. The number of aromatic nitrogens is 1. The average Bonchev–Trinajstić information content (AvgIpc) is 0.763. The van der Waals surface area contributed by atoms with Gasteiger partial charge in [-0.2, -0.15) is 0 Å². The molecule has 8 heterocycles. The van der Waals surface area contributed by atoms with E-state index < -0.39 is 256 Å². The van der Waals surface area contributed by atoms with Gasteiger partial charge in [-0.1, -0.05) is 81.2 Å². The minimum Gasteiger partial charge on any atom is -0.508 e. The number of rotatable bonds is 22. The first kappa shape index (κ1) is 93.0. The predicted molar refractivity (Wildman–Crippen MR) is 435 cm³/mol. The van der Waals surface area contributed by atoms with Gasteiger partial charge in [-0.05, 0) is 144 Å². The van der Waals surface area contributed by atoms with Gasteiger partial charge in [0.15, 0.2) is 41.2 Å². The number of phenolic OH excluding ortho intramolecular Hbond substituents is 3. The van der Waals surface area contributed by atoms with E-state index in [2.05, 4.69) is 47.2 Å². The number of benzene rings is 6. The Morgan fingerprint density at radius 2 is 1.42 bits per heavy atom. The van der Waals surface area contributed by atoms with Gasteiger partial charge in [0.25, 0.3) is 5.91 Å². The van der Waals surface area contributed by atoms with Crippen LogP contribution in [0.4, 0.5) is 13.2 Å². The van der Waals surface area contributed by atoms with E-state index in [1.807, 2.05) is 13.8 Å². The fraction of sp³-hybridized carbons (Fsp3) is 0.419. The number of aliphatic hydroxyl groups is 6. The van der Waals surface area contributed by atoms with Gasteiger partial charge in [0.2, 0.25) is 41.6 Å². The monoisotopic (exact) mass is 1780 g/mol. The summed E-state index contributed by atoms with van der Waals surface area (Å²) < 4.78 is 82.9. The number of primary amides is 1. The first-order valence-corrected chi connectivity index (χ1v) is 40.8. The number of alkyl halides is 3. The van der Waals surface area contributed by atoms with Crippen molar-refractivity contribution in [3.05, 3.63) is 176 Å². The maximum absolute atomic E-state index is 16.5. The molecule has 7 aliphatic rings. The predicted octanol–water partition coefficient (Wildman–Crippen LogP) is 6.63. The number of nitrogens with zero attached hydrogens (tertiary/aromatic N) is 1. The second kappa shape index (κ2) is 39.2. The summed E-state index contributed by atoms with van der Waals surface area (Å²) in [5.74, 6) is -19.5.